The highest BCUT2D eigenvalue weighted by Crippen LogP contribution is 2.23. The second-order valence-electron chi connectivity index (χ2n) is 12.3. The molecule has 0 unspecified atom stereocenters. The first-order chi connectivity index (χ1) is 26.4. The van der Waals surface area contributed by atoms with Crippen molar-refractivity contribution >= 4 is 71.9 Å². The van der Waals surface area contributed by atoms with Gasteiger partial charge >= 0.3 is 12.1 Å². The average molecular weight is 776 g/mol. The Morgan fingerprint density at radius 3 is 1.31 bits per heavy atom. The molecule has 0 bridgehead atoms. The molecule has 0 aliphatic rings. The van der Waals surface area contributed by atoms with E-state index in [2.05, 4.69) is 30.7 Å². The van der Waals surface area contributed by atoms with Gasteiger partial charge in [-0.2, -0.15) is 0 Å². The Balaban J connectivity index is 0.988. The van der Waals surface area contributed by atoms with Gasteiger partial charge in [0, 0.05) is 53.4 Å². The Morgan fingerprint density at radius 1 is 0.455 bits per heavy atom. The van der Waals surface area contributed by atoms with E-state index in [9.17, 15) is 26.4 Å². The molecule has 0 saturated carbocycles. The van der Waals surface area contributed by atoms with Crippen LogP contribution in [0.15, 0.2) is 168 Å². The van der Waals surface area contributed by atoms with Crippen LogP contribution < -0.4 is 35.6 Å². The summed E-state index contributed by atoms with van der Waals surface area (Å²) >= 11 is 0. The summed E-state index contributed by atoms with van der Waals surface area (Å²) < 4.78 is 56.8. The fourth-order valence-corrected chi connectivity index (χ4v) is 7.48. The van der Waals surface area contributed by atoms with Crippen LogP contribution in [0.2, 0.25) is 0 Å². The van der Waals surface area contributed by atoms with Gasteiger partial charge in [-0.15, -0.1) is 0 Å². The minimum absolute atomic E-state index is 0.0341. The molecule has 0 atom stereocenters. The van der Waals surface area contributed by atoms with E-state index >= 15 is 0 Å². The van der Waals surface area contributed by atoms with Gasteiger partial charge in [-0.1, -0.05) is 48.5 Å². The van der Waals surface area contributed by atoms with Crippen LogP contribution in [0.1, 0.15) is 5.56 Å². The molecular formula is C40H37N7O6S2. The maximum Gasteiger partial charge on any atom is 0.323 e. The first kappa shape index (κ1) is 37.9. The second kappa shape index (κ2) is 16.9. The highest BCUT2D eigenvalue weighted by atomic mass is 32.2. The number of carbonyl (C=O) groups is 2. The number of sulfonamides is 2. The Kier molecular flexibility index (Phi) is 11.6. The first-order valence-electron chi connectivity index (χ1n) is 16.8. The molecule has 15 heteroatoms. The van der Waals surface area contributed by atoms with Crippen LogP contribution >= 0.6 is 0 Å². The van der Waals surface area contributed by atoms with E-state index in [1.807, 2.05) is 36.2 Å². The third-order valence-corrected chi connectivity index (χ3v) is 10.9. The molecule has 55 heavy (non-hydrogen) atoms. The number of nitrogens with one attached hydrogen (secondary N) is 6. The van der Waals surface area contributed by atoms with E-state index < -0.39 is 32.1 Å². The van der Waals surface area contributed by atoms with E-state index in [-0.39, 0.29) is 9.79 Å². The predicted molar refractivity (Wildman–Crippen MR) is 218 cm³/mol. The fourth-order valence-electron chi connectivity index (χ4n) is 5.38. The smallest absolute Gasteiger partial charge is 0.323 e. The molecular weight excluding hydrogens is 739 g/mol. The zero-order valence-corrected chi connectivity index (χ0v) is 31.1. The third kappa shape index (κ3) is 10.6. The van der Waals surface area contributed by atoms with Crippen molar-refractivity contribution in [2.24, 2.45) is 0 Å². The quantitative estimate of drug-likeness (QED) is 0.0685. The normalized spacial score (nSPS) is 11.1. The zero-order valence-electron chi connectivity index (χ0n) is 29.4. The number of rotatable bonds is 13. The summed E-state index contributed by atoms with van der Waals surface area (Å²) in [6.07, 6.45) is 0. The minimum atomic E-state index is -3.92. The van der Waals surface area contributed by atoms with Crippen molar-refractivity contribution in [2.75, 3.05) is 42.7 Å². The van der Waals surface area contributed by atoms with Crippen LogP contribution in [-0.4, -0.2) is 35.9 Å². The van der Waals surface area contributed by atoms with Gasteiger partial charge < -0.3 is 26.2 Å². The van der Waals surface area contributed by atoms with Crippen LogP contribution in [0.5, 0.6) is 0 Å². The molecule has 280 valence electrons. The highest BCUT2D eigenvalue weighted by molar-refractivity contribution is 7.93. The Morgan fingerprint density at radius 2 is 0.836 bits per heavy atom. The van der Waals surface area contributed by atoms with E-state index in [0.29, 0.717) is 40.7 Å². The number of nitrogens with zero attached hydrogens (tertiary/aromatic N) is 1. The molecule has 0 saturated heterocycles. The van der Waals surface area contributed by atoms with Gasteiger partial charge in [0.25, 0.3) is 20.0 Å². The molecule has 6 N–H and O–H groups in total. The number of hydrogen-bond donors (Lipinski definition) is 6. The van der Waals surface area contributed by atoms with Crippen LogP contribution in [0, 0.1) is 0 Å². The van der Waals surface area contributed by atoms with Crippen molar-refractivity contribution in [1.29, 1.82) is 0 Å². The lowest BCUT2D eigenvalue weighted by Gasteiger charge is -2.20. The van der Waals surface area contributed by atoms with Crippen LogP contribution in [0.25, 0.3) is 0 Å². The van der Waals surface area contributed by atoms with Gasteiger partial charge in [-0.3, -0.25) is 9.44 Å². The summed E-state index contributed by atoms with van der Waals surface area (Å²) in [5.74, 6) is 0. The van der Waals surface area contributed by atoms with Crippen molar-refractivity contribution in [2.45, 2.75) is 16.3 Å². The maximum absolute atomic E-state index is 13.2. The number of benzene rings is 6. The Bertz CT molecular complexity index is 2470. The highest BCUT2D eigenvalue weighted by Gasteiger charge is 2.16. The molecule has 0 aliphatic heterocycles. The van der Waals surface area contributed by atoms with Crippen molar-refractivity contribution in [3.63, 3.8) is 0 Å². The molecule has 4 amide bonds. The summed E-state index contributed by atoms with van der Waals surface area (Å²) in [4.78, 5) is 27.0. The Hall–Kier alpha value is -6.84. The molecule has 13 nitrogen and oxygen atoms in total. The molecule has 0 radical (unpaired) electrons. The third-order valence-electron chi connectivity index (χ3n) is 8.07. The molecule has 6 aromatic carbocycles. The lowest BCUT2D eigenvalue weighted by Crippen LogP contribution is -2.20. The SMILES string of the molecule is CN(Cc1cccc(NS(=O)(=O)c2ccc(NC(=O)Nc3ccccc3)cc2)c1)c1ccc(NC(=O)Nc2ccc(S(=O)(=O)Nc3ccccc3)cc2)cc1. The van der Waals surface area contributed by atoms with Gasteiger partial charge in [-0.25, -0.2) is 26.4 Å². The lowest BCUT2D eigenvalue weighted by molar-refractivity contribution is 0.261. The summed E-state index contributed by atoms with van der Waals surface area (Å²) in [5.41, 5.74) is 4.54. The molecule has 0 aromatic heterocycles. The number of hydrogen-bond acceptors (Lipinski definition) is 7. The molecule has 0 spiro atoms. The molecule has 0 aliphatic carbocycles. The van der Waals surface area contributed by atoms with Crippen LogP contribution in [-0.2, 0) is 26.6 Å². The van der Waals surface area contributed by atoms with Gasteiger partial charge in [0.05, 0.1) is 9.79 Å². The monoisotopic (exact) mass is 775 g/mol. The number of anilines is 7. The maximum atomic E-state index is 13.2. The molecule has 6 aromatic rings. The van der Waals surface area contributed by atoms with Crippen LogP contribution in [0.3, 0.4) is 0 Å². The van der Waals surface area contributed by atoms with Gasteiger partial charge in [0.1, 0.15) is 0 Å². The number of para-hydroxylation sites is 2. The van der Waals surface area contributed by atoms with Crippen molar-refractivity contribution < 1.29 is 26.4 Å². The summed E-state index contributed by atoms with van der Waals surface area (Å²) in [6.45, 7) is 0.459. The van der Waals surface area contributed by atoms with Crippen LogP contribution in [0.4, 0.5) is 49.4 Å². The van der Waals surface area contributed by atoms with E-state index in [0.717, 1.165) is 11.3 Å². The molecule has 6 rings (SSSR count). The Labute approximate surface area is 319 Å². The minimum Gasteiger partial charge on any atom is -0.370 e. The van der Waals surface area contributed by atoms with E-state index in [4.69, 9.17) is 0 Å². The van der Waals surface area contributed by atoms with Crippen molar-refractivity contribution in [3.05, 3.63) is 163 Å². The summed E-state index contributed by atoms with van der Waals surface area (Å²) in [7, 11) is -5.82. The van der Waals surface area contributed by atoms with Gasteiger partial charge in [0.15, 0.2) is 0 Å². The first-order valence-corrected chi connectivity index (χ1v) is 19.8. The van der Waals surface area contributed by atoms with E-state index in [1.165, 1.54) is 48.5 Å². The van der Waals surface area contributed by atoms with Crippen molar-refractivity contribution in [1.82, 2.24) is 0 Å². The fraction of sp³-hybridized carbons (Fsp3) is 0.0500. The molecule has 0 heterocycles. The second-order valence-corrected chi connectivity index (χ2v) is 15.6. The topological polar surface area (TPSA) is 178 Å². The molecule has 0 fully saturated rings. The van der Waals surface area contributed by atoms with Crippen molar-refractivity contribution in [3.8, 4) is 0 Å². The van der Waals surface area contributed by atoms with Gasteiger partial charge in [-0.05, 0) is 115 Å². The lowest BCUT2D eigenvalue weighted by atomic mass is 10.2. The standard InChI is InChI=1S/C40H37N7O6S2/c1-47(36-21-15-31(16-22-36)42-40(49)44-33-17-23-37(24-18-33)54(50,51)45-34-12-6-3-7-13-34)28-29-9-8-14-35(27-29)46-55(52,53)38-25-19-32(20-26-38)43-39(48)41-30-10-4-2-5-11-30/h2-27,45-46H,28H2,1H3,(H2,41,43,48)(H2,42,44,49). The number of amides is 4. The number of urea groups is 2. The number of carbonyl (C=O) groups excluding carboxylic acids is 2. The summed E-state index contributed by atoms with van der Waals surface area (Å²) in [6, 6.07) is 42.5. The predicted octanol–water partition coefficient (Wildman–Crippen LogP) is 8.21. The summed E-state index contributed by atoms with van der Waals surface area (Å²) in [5, 5.41) is 10.8. The van der Waals surface area contributed by atoms with Gasteiger partial charge in [0.2, 0.25) is 0 Å². The zero-order chi connectivity index (χ0) is 38.8. The largest absolute Gasteiger partial charge is 0.370 e. The van der Waals surface area contributed by atoms with E-state index in [1.54, 1.807) is 84.9 Å². The average Bonchev–Trinajstić information content (AvgIpc) is 3.16.